The fourth-order valence-electron chi connectivity index (χ4n) is 1.90. The lowest BCUT2D eigenvalue weighted by molar-refractivity contribution is -0.115. The molecule has 0 saturated carbocycles. The van der Waals surface area contributed by atoms with Crippen molar-refractivity contribution in [2.45, 2.75) is 38.2 Å². The van der Waals surface area contributed by atoms with Gasteiger partial charge in [-0.3, -0.25) is 9.69 Å². The van der Waals surface area contributed by atoms with Gasteiger partial charge >= 0.3 is 6.09 Å². The van der Waals surface area contributed by atoms with Crippen molar-refractivity contribution in [3.63, 3.8) is 0 Å². The van der Waals surface area contributed by atoms with E-state index in [0.29, 0.717) is 11.4 Å². The molecule has 2 amide bonds. The van der Waals surface area contributed by atoms with Crippen molar-refractivity contribution in [2.24, 2.45) is 0 Å². The summed E-state index contributed by atoms with van der Waals surface area (Å²) < 4.78 is 28.9. The number of nitrogens with zero attached hydrogens (tertiary/aromatic N) is 1. The third-order valence-electron chi connectivity index (χ3n) is 3.58. The maximum atomic E-state index is 12.1. The predicted octanol–water partition coefficient (Wildman–Crippen LogP) is 2.43. The molecule has 0 spiro atoms. The fourth-order valence-corrected chi connectivity index (χ4v) is 3.07. The Morgan fingerprint density at radius 1 is 1.17 bits per heavy atom. The molecule has 0 radical (unpaired) electrons. The first kappa shape index (κ1) is 20.0. The van der Waals surface area contributed by atoms with Crippen LogP contribution in [0, 0.1) is 0 Å². The third-order valence-corrected chi connectivity index (χ3v) is 6.10. The highest BCUT2D eigenvalue weighted by atomic mass is 32.2. The molecule has 0 fully saturated rings. The minimum atomic E-state index is -3.52. The number of hydrogen-bond donors (Lipinski definition) is 1. The molecule has 1 aromatic rings. The van der Waals surface area contributed by atoms with Gasteiger partial charge in [0.1, 0.15) is 5.25 Å². The second-order valence-corrected chi connectivity index (χ2v) is 8.40. The molecule has 0 aromatic heterocycles. The number of carbonyl (C=O) groups excluding carboxylic acids is 2. The van der Waals surface area contributed by atoms with Crippen molar-refractivity contribution in [1.29, 1.82) is 0 Å². The van der Waals surface area contributed by atoms with Crippen molar-refractivity contribution in [3.05, 3.63) is 24.3 Å². The number of hydrogen-bond acceptors (Lipinski definition) is 5. The zero-order valence-corrected chi connectivity index (χ0v) is 15.4. The lowest BCUT2D eigenvalue weighted by atomic mass is 10.2. The molecule has 0 aliphatic heterocycles. The Labute approximate surface area is 142 Å². The molecule has 1 N–H and O–H groups in total. The lowest BCUT2D eigenvalue weighted by Gasteiger charge is -2.18. The Kier molecular flexibility index (Phi) is 6.77. The molecule has 7 nitrogen and oxygen atoms in total. The van der Waals surface area contributed by atoms with Crippen LogP contribution in [0.3, 0.4) is 0 Å². The van der Waals surface area contributed by atoms with Crippen LogP contribution >= 0.6 is 0 Å². The quantitative estimate of drug-likeness (QED) is 0.845. The van der Waals surface area contributed by atoms with E-state index in [1.165, 1.54) is 11.8 Å². The Morgan fingerprint density at radius 2 is 1.71 bits per heavy atom. The zero-order valence-electron chi connectivity index (χ0n) is 14.6. The summed E-state index contributed by atoms with van der Waals surface area (Å²) in [6, 6.07) is 6.46. The molecule has 0 aliphatic rings. The summed E-state index contributed by atoms with van der Waals surface area (Å²) in [6.45, 7) is 6.45. The second-order valence-electron chi connectivity index (χ2n) is 5.57. The van der Waals surface area contributed by atoms with Crippen LogP contribution in [-0.2, 0) is 19.4 Å². The molecule has 1 rings (SSSR count). The van der Waals surface area contributed by atoms with Crippen molar-refractivity contribution in [2.75, 3.05) is 23.9 Å². The average molecular weight is 356 g/mol. The van der Waals surface area contributed by atoms with Gasteiger partial charge < -0.3 is 10.1 Å². The van der Waals surface area contributed by atoms with Crippen molar-refractivity contribution in [3.8, 4) is 0 Å². The number of ether oxygens (including phenoxy) is 1. The summed E-state index contributed by atoms with van der Waals surface area (Å²) in [6.07, 6.45) is -0.481. The maximum absolute atomic E-state index is 12.1. The summed E-state index contributed by atoms with van der Waals surface area (Å²) >= 11 is 0. The van der Waals surface area contributed by atoms with Crippen LogP contribution in [-0.4, -0.2) is 44.6 Å². The maximum Gasteiger partial charge on any atom is 0.413 e. The first-order chi connectivity index (χ1) is 11.1. The fraction of sp³-hybridized carbons (Fsp3) is 0.500. The zero-order chi connectivity index (χ0) is 18.5. The van der Waals surface area contributed by atoms with Crippen molar-refractivity contribution in [1.82, 2.24) is 0 Å². The van der Waals surface area contributed by atoms with E-state index < -0.39 is 32.3 Å². The molecule has 1 aromatic carbocycles. The van der Waals surface area contributed by atoms with E-state index in [9.17, 15) is 18.0 Å². The molecule has 0 heterocycles. The van der Waals surface area contributed by atoms with Crippen LogP contribution in [0.5, 0.6) is 0 Å². The highest BCUT2D eigenvalue weighted by Crippen LogP contribution is 2.19. The van der Waals surface area contributed by atoms with Gasteiger partial charge in [0, 0.05) is 18.4 Å². The molecule has 0 aliphatic carbocycles. The SMILES string of the molecule is CCOC(=O)N(C)c1ccc(NC(=O)C(C)S(=O)(=O)C(C)C)cc1. The van der Waals surface area contributed by atoms with Crippen LogP contribution in [0.2, 0.25) is 0 Å². The van der Waals surface area contributed by atoms with Gasteiger partial charge in [-0.05, 0) is 52.0 Å². The van der Waals surface area contributed by atoms with Gasteiger partial charge in [-0.25, -0.2) is 13.2 Å². The highest BCUT2D eigenvalue weighted by Gasteiger charge is 2.30. The van der Waals surface area contributed by atoms with E-state index in [1.54, 1.807) is 52.1 Å². The van der Waals surface area contributed by atoms with E-state index in [2.05, 4.69) is 5.32 Å². The smallest absolute Gasteiger partial charge is 0.413 e. The summed E-state index contributed by atoms with van der Waals surface area (Å²) in [4.78, 5) is 25.1. The molecule has 1 unspecified atom stereocenters. The molecule has 24 heavy (non-hydrogen) atoms. The predicted molar refractivity (Wildman–Crippen MR) is 94.0 cm³/mol. The molecular weight excluding hydrogens is 332 g/mol. The molecule has 0 saturated heterocycles. The minimum absolute atomic E-state index is 0.277. The largest absolute Gasteiger partial charge is 0.449 e. The monoisotopic (exact) mass is 356 g/mol. The second kappa shape index (κ2) is 8.14. The van der Waals surface area contributed by atoms with Gasteiger partial charge in [-0.15, -0.1) is 0 Å². The van der Waals surface area contributed by atoms with E-state index in [1.807, 2.05) is 0 Å². The number of sulfone groups is 1. The van der Waals surface area contributed by atoms with E-state index >= 15 is 0 Å². The first-order valence-electron chi connectivity index (χ1n) is 7.65. The Hall–Kier alpha value is -2.09. The van der Waals surface area contributed by atoms with Crippen molar-refractivity contribution >= 4 is 33.2 Å². The number of carbonyl (C=O) groups is 2. The summed E-state index contributed by atoms with van der Waals surface area (Å²) in [5.41, 5.74) is 1.04. The number of amides is 2. The number of benzene rings is 1. The van der Waals surface area contributed by atoms with Gasteiger partial charge in [0.2, 0.25) is 5.91 Å². The minimum Gasteiger partial charge on any atom is -0.449 e. The van der Waals surface area contributed by atoms with E-state index in [-0.39, 0.29) is 6.61 Å². The third kappa shape index (κ3) is 4.70. The summed E-state index contributed by atoms with van der Waals surface area (Å²) in [5.74, 6) is -0.588. The average Bonchev–Trinajstić information content (AvgIpc) is 2.54. The number of nitrogens with one attached hydrogen (secondary N) is 1. The first-order valence-corrected chi connectivity index (χ1v) is 9.26. The number of anilines is 2. The topological polar surface area (TPSA) is 92.8 Å². The Balaban J connectivity index is 2.81. The number of rotatable bonds is 6. The van der Waals surface area contributed by atoms with Gasteiger partial charge in [-0.2, -0.15) is 0 Å². The Morgan fingerprint density at radius 3 is 2.17 bits per heavy atom. The molecule has 1 atom stereocenters. The van der Waals surface area contributed by atoms with Crippen LogP contribution in [0.1, 0.15) is 27.7 Å². The van der Waals surface area contributed by atoms with Crippen LogP contribution in [0.15, 0.2) is 24.3 Å². The lowest BCUT2D eigenvalue weighted by Crippen LogP contribution is -2.36. The molecule has 8 heteroatoms. The highest BCUT2D eigenvalue weighted by molar-refractivity contribution is 7.93. The Bertz CT molecular complexity index is 683. The van der Waals surface area contributed by atoms with E-state index in [0.717, 1.165) is 0 Å². The van der Waals surface area contributed by atoms with Gasteiger partial charge in [0.25, 0.3) is 0 Å². The normalized spacial score (nSPS) is 12.6. The van der Waals surface area contributed by atoms with Gasteiger partial charge in [0.05, 0.1) is 11.9 Å². The van der Waals surface area contributed by atoms with E-state index in [4.69, 9.17) is 4.74 Å². The molecular formula is C16H24N2O5S. The molecule has 0 bridgehead atoms. The summed E-state index contributed by atoms with van der Waals surface area (Å²) in [7, 11) is -1.94. The van der Waals surface area contributed by atoms with Crippen LogP contribution in [0.25, 0.3) is 0 Å². The van der Waals surface area contributed by atoms with Gasteiger partial charge in [0.15, 0.2) is 9.84 Å². The van der Waals surface area contributed by atoms with Crippen LogP contribution < -0.4 is 10.2 Å². The molecule has 134 valence electrons. The summed E-state index contributed by atoms with van der Waals surface area (Å²) in [5, 5.41) is 0.805. The van der Waals surface area contributed by atoms with Gasteiger partial charge in [-0.1, -0.05) is 0 Å². The van der Waals surface area contributed by atoms with Crippen LogP contribution in [0.4, 0.5) is 16.2 Å². The van der Waals surface area contributed by atoms with Crippen molar-refractivity contribution < 1.29 is 22.7 Å². The standard InChI is InChI=1S/C16H24N2O5S/c1-6-23-16(20)18(5)14-9-7-13(8-10-14)17-15(19)12(4)24(21,22)11(2)3/h7-12H,6H2,1-5H3,(H,17,19).